The number of nitrogens with one attached hydrogen (secondary N) is 4. The van der Waals surface area contributed by atoms with Gasteiger partial charge in [-0.25, -0.2) is 4.79 Å². The zero-order valence-corrected chi connectivity index (χ0v) is 14.3. The average Bonchev–Trinajstić information content (AvgIpc) is 3.25. The first-order valence-corrected chi connectivity index (χ1v) is 8.76. The van der Waals surface area contributed by atoms with Crippen LogP contribution in [0.3, 0.4) is 0 Å². The number of thiophene rings is 1. The van der Waals surface area contributed by atoms with Gasteiger partial charge in [-0.3, -0.25) is 9.59 Å². The van der Waals surface area contributed by atoms with Crippen molar-refractivity contribution in [3.8, 4) is 0 Å². The normalized spacial score (nSPS) is 13.8. The third-order valence-corrected chi connectivity index (χ3v) is 5.24. The number of imidazole rings is 1. The van der Waals surface area contributed by atoms with E-state index in [0.29, 0.717) is 26.6 Å². The van der Waals surface area contributed by atoms with Crippen LogP contribution in [0.4, 0.5) is 10.7 Å². The van der Waals surface area contributed by atoms with Gasteiger partial charge in [-0.15, -0.1) is 11.3 Å². The SMILES string of the molecule is Cc1cc(NC(=O)C2CC2)sc1C(=O)Nc1ccc2[nH]c(=O)[nH]c2c1. The topological polar surface area (TPSA) is 107 Å². The van der Waals surface area contributed by atoms with Gasteiger partial charge in [0, 0.05) is 11.6 Å². The molecule has 0 atom stereocenters. The number of H-pyrrole nitrogens is 2. The highest BCUT2D eigenvalue weighted by Gasteiger charge is 2.30. The average molecular weight is 356 g/mol. The number of aromatic amines is 2. The zero-order valence-electron chi connectivity index (χ0n) is 13.4. The number of hydrogen-bond acceptors (Lipinski definition) is 4. The number of rotatable bonds is 4. The van der Waals surface area contributed by atoms with E-state index >= 15 is 0 Å². The summed E-state index contributed by atoms with van der Waals surface area (Å²) in [4.78, 5) is 41.5. The van der Waals surface area contributed by atoms with E-state index in [0.717, 1.165) is 18.4 Å². The monoisotopic (exact) mass is 356 g/mol. The Bertz CT molecular complexity index is 1040. The molecule has 1 saturated carbocycles. The van der Waals surface area contributed by atoms with Crippen molar-refractivity contribution >= 4 is 44.9 Å². The Kier molecular flexibility index (Phi) is 3.69. The number of carbonyl (C=O) groups excluding carboxylic acids is 2. The van der Waals surface area contributed by atoms with Gasteiger partial charge in [0.05, 0.1) is 20.9 Å². The van der Waals surface area contributed by atoms with Gasteiger partial charge in [-0.1, -0.05) is 0 Å². The molecule has 4 rings (SSSR count). The molecular weight excluding hydrogens is 340 g/mol. The molecule has 1 aliphatic carbocycles. The molecule has 0 saturated heterocycles. The third kappa shape index (κ3) is 3.20. The number of amides is 2. The fraction of sp³-hybridized carbons (Fsp3) is 0.235. The third-order valence-electron chi connectivity index (χ3n) is 4.09. The summed E-state index contributed by atoms with van der Waals surface area (Å²) >= 11 is 1.26. The van der Waals surface area contributed by atoms with Crippen LogP contribution in [0, 0.1) is 12.8 Å². The fourth-order valence-electron chi connectivity index (χ4n) is 2.64. The lowest BCUT2D eigenvalue weighted by Crippen LogP contribution is -2.12. The molecule has 2 aromatic heterocycles. The first kappa shape index (κ1) is 15.6. The van der Waals surface area contributed by atoms with Gasteiger partial charge < -0.3 is 20.6 Å². The van der Waals surface area contributed by atoms with Crippen LogP contribution in [0.1, 0.15) is 28.1 Å². The number of fused-ring (bicyclic) bond motifs is 1. The van der Waals surface area contributed by atoms with Crippen molar-refractivity contribution in [3.63, 3.8) is 0 Å². The Morgan fingerprint density at radius 1 is 1.12 bits per heavy atom. The van der Waals surface area contributed by atoms with Gasteiger partial charge in [0.15, 0.2) is 0 Å². The van der Waals surface area contributed by atoms with Gasteiger partial charge >= 0.3 is 5.69 Å². The number of carbonyl (C=O) groups is 2. The molecule has 2 amide bonds. The molecule has 0 bridgehead atoms. The second kappa shape index (κ2) is 5.89. The van der Waals surface area contributed by atoms with Crippen LogP contribution in [0.5, 0.6) is 0 Å². The van der Waals surface area contributed by atoms with Gasteiger partial charge in [-0.2, -0.15) is 0 Å². The predicted octanol–water partition coefficient (Wildman–Crippen LogP) is 2.83. The maximum atomic E-state index is 12.5. The summed E-state index contributed by atoms with van der Waals surface area (Å²) in [6, 6.07) is 6.96. The van der Waals surface area contributed by atoms with Crippen LogP contribution in [-0.2, 0) is 4.79 Å². The quantitative estimate of drug-likeness (QED) is 0.577. The Balaban J connectivity index is 1.52. The van der Waals surface area contributed by atoms with Crippen LogP contribution in [-0.4, -0.2) is 21.8 Å². The maximum absolute atomic E-state index is 12.5. The zero-order chi connectivity index (χ0) is 17.6. The summed E-state index contributed by atoms with van der Waals surface area (Å²) in [5.41, 5.74) is 2.42. The molecule has 0 aliphatic heterocycles. The fourth-order valence-corrected chi connectivity index (χ4v) is 3.61. The van der Waals surface area contributed by atoms with E-state index < -0.39 is 0 Å². The van der Waals surface area contributed by atoms with E-state index in [1.165, 1.54) is 11.3 Å². The molecular formula is C17H16N4O3S. The lowest BCUT2D eigenvalue weighted by molar-refractivity contribution is -0.117. The van der Waals surface area contributed by atoms with Crippen molar-refractivity contribution in [1.82, 2.24) is 9.97 Å². The van der Waals surface area contributed by atoms with Crippen LogP contribution in [0.15, 0.2) is 29.1 Å². The summed E-state index contributed by atoms with van der Waals surface area (Å²) < 4.78 is 0. The second-order valence-corrected chi connectivity index (χ2v) is 7.23. The molecule has 128 valence electrons. The Morgan fingerprint density at radius 2 is 1.88 bits per heavy atom. The summed E-state index contributed by atoms with van der Waals surface area (Å²) in [5.74, 6) is -0.100. The molecule has 2 heterocycles. The predicted molar refractivity (Wildman–Crippen MR) is 97.3 cm³/mol. The Morgan fingerprint density at radius 3 is 2.64 bits per heavy atom. The van der Waals surface area contributed by atoms with Crippen molar-refractivity contribution in [2.45, 2.75) is 19.8 Å². The number of aromatic nitrogens is 2. The number of benzene rings is 1. The molecule has 25 heavy (non-hydrogen) atoms. The van der Waals surface area contributed by atoms with Crippen molar-refractivity contribution in [1.29, 1.82) is 0 Å². The van der Waals surface area contributed by atoms with Gasteiger partial charge in [0.2, 0.25) is 5.91 Å². The number of aryl methyl sites for hydroxylation is 1. The van der Waals surface area contributed by atoms with Crippen LogP contribution < -0.4 is 16.3 Å². The molecule has 7 nitrogen and oxygen atoms in total. The van der Waals surface area contributed by atoms with Crippen molar-refractivity contribution in [3.05, 3.63) is 45.2 Å². The van der Waals surface area contributed by atoms with Crippen molar-refractivity contribution in [2.24, 2.45) is 5.92 Å². The van der Waals surface area contributed by atoms with E-state index in [4.69, 9.17) is 0 Å². The molecule has 8 heteroatoms. The molecule has 1 fully saturated rings. The van der Waals surface area contributed by atoms with Gasteiger partial charge in [0.1, 0.15) is 0 Å². The Hall–Kier alpha value is -2.87. The lowest BCUT2D eigenvalue weighted by atomic mass is 10.2. The molecule has 0 spiro atoms. The van der Waals surface area contributed by atoms with E-state index in [1.54, 1.807) is 18.2 Å². The molecule has 1 aromatic carbocycles. The van der Waals surface area contributed by atoms with Gasteiger partial charge in [0.25, 0.3) is 5.91 Å². The summed E-state index contributed by atoms with van der Waals surface area (Å²) in [6.45, 7) is 1.84. The molecule has 0 radical (unpaired) electrons. The standard InChI is InChI=1S/C17H16N4O3S/c1-8-6-13(21-15(22)9-2-3-9)25-14(8)16(23)18-10-4-5-11-12(7-10)20-17(24)19-11/h4-7,9H,2-3H2,1H3,(H,18,23)(H,21,22)(H2,19,20,24). The van der Waals surface area contributed by atoms with Crippen LogP contribution in [0.25, 0.3) is 11.0 Å². The number of hydrogen-bond donors (Lipinski definition) is 4. The van der Waals surface area contributed by atoms with E-state index in [-0.39, 0.29) is 23.4 Å². The minimum atomic E-state index is -0.288. The van der Waals surface area contributed by atoms with Crippen LogP contribution >= 0.6 is 11.3 Å². The largest absolute Gasteiger partial charge is 0.323 e. The highest BCUT2D eigenvalue weighted by molar-refractivity contribution is 7.18. The summed E-state index contributed by atoms with van der Waals surface area (Å²) in [7, 11) is 0. The number of anilines is 2. The van der Waals surface area contributed by atoms with Crippen LogP contribution in [0.2, 0.25) is 0 Å². The second-order valence-electron chi connectivity index (χ2n) is 6.18. The maximum Gasteiger partial charge on any atom is 0.323 e. The highest BCUT2D eigenvalue weighted by Crippen LogP contribution is 2.33. The Labute approximate surface area is 146 Å². The van der Waals surface area contributed by atoms with E-state index in [1.807, 2.05) is 13.0 Å². The minimum absolute atomic E-state index is 0.0232. The van der Waals surface area contributed by atoms with Crippen molar-refractivity contribution in [2.75, 3.05) is 10.6 Å². The first-order chi connectivity index (χ1) is 12.0. The van der Waals surface area contributed by atoms with E-state index in [9.17, 15) is 14.4 Å². The minimum Gasteiger partial charge on any atom is -0.321 e. The molecule has 3 aromatic rings. The summed E-state index contributed by atoms with van der Waals surface area (Å²) in [5, 5.41) is 6.38. The molecule has 0 unspecified atom stereocenters. The lowest BCUT2D eigenvalue weighted by Gasteiger charge is -2.04. The summed E-state index contributed by atoms with van der Waals surface area (Å²) in [6.07, 6.45) is 1.88. The van der Waals surface area contributed by atoms with E-state index in [2.05, 4.69) is 20.6 Å². The van der Waals surface area contributed by atoms with Crippen molar-refractivity contribution < 1.29 is 9.59 Å². The highest BCUT2D eigenvalue weighted by atomic mass is 32.1. The van der Waals surface area contributed by atoms with Gasteiger partial charge in [-0.05, 0) is 49.6 Å². The molecule has 1 aliphatic rings. The smallest absolute Gasteiger partial charge is 0.321 e. The first-order valence-electron chi connectivity index (χ1n) is 7.94. The molecule has 4 N–H and O–H groups in total.